The smallest absolute Gasteiger partial charge is 0.338 e. The van der Waals surface area contributed by atoms with E-state index in [0.717, 1.165) is 30.1 Å². The molecule has 0 bridgehead atoms. The normalized spacial score (nSPS) is 15.7. The molecule has 12 nitrogen and oxygen atoms in total. The summed E-state index contributed by atoms with van der Waals surface area (Å²) in [7, 11) is 1.33. The van der Waals surface area contributed by atoms with Crippen molar-refractivity contribution in [2.75, 3.05) is 51.1 Å². The molecule has 0 radical (unpaired) electrons. The molecule has 0 unspecified atom stereocenters. The van der Waals surface area contributed by atoms with E-state index in [2.05, 4.69) is 26.0 Å². The Kier molecular flexibility index (Phi) is 9.60. The number of nitrogens with one attached hydrogen (secondary N) is 3. The molecule has 0 spiro atoms. The Balaban J connectivity index is 1.24. The van der Waals surface area contributed by atoms with E-state index < -0.39 is 36.3 Å². The highest BCUT2D eigenvalue weighted by molar-refractivity contribution is 6.03. The van der Waals surface area contributed by atoms with Crippen LogP contribution in [-0.2, 0) is 26.2 Å². The highest BCUT2D eigenvalue weighted by atomic mass is 19.4. The molecule has 2 aliphatic heterocycles. The minimum Gasteiger partial charge on any atom is -0.338 e. The first-order chi connectivity index (χ1) is 21.8. The largest absolute Gasteiger partial charge is 0.435 e. The molecule has 0 aliphatic carbocycles. The second-order valence-corrected chi connectivity index (χ2v) is 11.2. The number of benzene rings is 1. The third-order valence-electron chi connectivity index (χ3n) is 8.06. The number of carbonyl (C=O) groups is 3. The topological polar surface area (TPSA) is 129 Å². The molecule has 4 amide bonds. The van der Waals surface area contributed by atoms with Gasteiger partial charge in [0.2, 0.25) is 0 Å². The Morgan fingerprint density at radius 2 is 1.78 bits per heavy atom. The van der Waals surface area contributed by atoms with Crippen LogP contribution in [0.4, 0.5) is 32.4 Å². The molecule has 2 saturated heterocycles. The van der Waals surface area contributed by atoms with Gasteiger partial charge in [0, 0.05) is 76.2 Å². The quantitative estimate of drug-likeness (QED) is 0.305. The highest BCUT2D eigenvalue weighted by Crippen LogP contribution is 2.36. The lowest BCUT2D eigenvalue weighted by molar-refractivity contribution is -0.141. The summed E-state index contributed by atoms with van der Waals surface area (Å²) in [5.74, 6) is -0.713. The zero-order valence-corrected chi connectivity index (χ0v) is 25.2. The van der Waals surface area contributed by atoms with Gasteiger partial charge in [-0.3, -0.25) is 14.3 Å². The van der Waals surface area contributed by atoms with Crippen LogP contribution in [0.3, 0.4) is 0 Å². The fourth-order valence-electron chi connectivity index (χ4n) is 5.40. The second-order valence-electron chi connectivity index (χ2n) is 11.2. The van der Waals surface area contributed by atoms with Gasteiger partial charge in [0.15, 0.2) is 11.5 Å². The van der Waals surface area contributed by atoms with Crippen LogP contribution in [0.25, 0.3) is 11.3 Å². The van der Waals surface area contributed by atoms with E-state index in [0.29, 0.717) is 66.6 Å². The molecule has 17 heteroatoms. The van der Waals surface area contributed by atoms with Crippen molar-refractivity contribution < 1.29 is 36.3 Å². The van der Waals surface area contributed by atoms with E-state index in [4.69, 9.17) is 0 Å². The van der Waals surface area contributed by atoms with Crippen LogP contribution in [-0.4, -0.2) is 99.2 Å². The first kappa shape index (κ1) is 32.8. The SMILES string of the molecule is CCc1cc(NC(=O)c2ncc(-c3cn(CC(F)F)nc3C(F)(F)F)n2C)ccc1C(=O)N1CCN(C(=O)NCC2CNC2)CC1. The molecule has 248 valence electrons. The van der Waals surface area contributed by atoms with E-state index in [1.807, 2.05) is 6.92 Å². The van der Waals surface area contributed by atoms with Gasteiger partial charge in [-0.05, 0) is 30.2 Å². The van der Waals surface area contributed by atoms with Gasteiger partial charge in [-0.25, -0.2) is 18.6 Å². The number of urea groups is 1. The average Bonchev–Trinajstić information content (AvgIpc) is 3.58. The maximum absolute atomic E-state index is 13.6. The molecule has 2 aromatic heterocycles. The van der Waals surface area contributed by atoms with Gasteiger partial charge in [0.25, 0.3) is 18.2 Å². The van der Waals surface area contributed by atoms with Crippen molar-refractivity contribution in [1.29, 1.82) is 0 Å². The zero-order chi connectivity index (χ0) is 33.2. The first-order valence-electron chi connectivity index (χ1n) is 14.8. The van der Waals surface area contributed by atoms with E-state index in [1.54, 1.807) is 28.0 Å². The Morgan fingerprint density at radius 1 is 1.09 bits per heavy atom. The highest BCUT2D eigenvalue weighted by Gasteiger charge is 2.39. The summed E-state index contributed by atoms with van der Waals surface area (Å²) in [4.78, 5) is 46.3. The van der Waals surface area contributed by atoms with Crippen molar-refractivity contribution in [2.24, 2.45) is 13.0 Å². The van der Waals surface area contributed by atoms with Crippen LogP contribution in [0.5, 0.6) is 0 Å². The number of aryl methyl sites for hydroxylation is 1. The fourth-order valence-corrected chi connectivity index (χ4v) is 5.40. The minimum absolute atomic E-state index is 0.138. The molecule has 3 aromatic rings. The summed E-state index contributed by atoms with van der Waals surface area (Å²) in [5, 5.41) is 12.0. The molecule has 3 N–H and O–H groups in total. The first-order valence-corrected chi connectivity index (χ1v) is 14.8. The van der Waals surface area contributed by atoms with Gasteiger partial charge in [-0.15, -0.1) is 0 Å². The molecule has 0 atom stereocenters. The molecule has 1 aromatic carbocycles. The Labute approximate surface area is 260 Å². The van der Waals surface area contributed by atoms with Crippen LogP contribution in [0.15, 0.2) is 30.6 Å². The summed E-state index contributed by atoms with van der Waals surface area (Å²) in [6.07, 6.45) is -5.49. The zero-order valence-electron chi connectivity index (χ0n) is 25.2. The maximum Gasteiger partial charge on any atom is 0.435 e. The number of rotatable bonds is 9. The third-order valence-corrected chi connectivity index (χ3v) is 8.06. The minimum atomic E-state index is -4.93. The average molecular weight is 652 g/mol. The Morgan fingerprint density at radius 3 is 2.39 bits per heavy atom. The third kappa shape index (κ3) is 7.13. The van der Waals surface area contributed by atoms with Gasteiger partial charge in [0.05, 0.1) is 17.5 Å². The number of hydrogen-bond donors (Lipinski definition) is 3. The lowest BCUT2D eigenvalue weighted by atomic mass is 10.0. The van der Waals surface area contributed by atoms with E-state index in [1.165, 1.54) is 7.05 Å². The monoisotopic (exact) mass is 651 g/mol. The van der Waals surface area contributed by atoms with E-state index in [-0.39, 0.29) is 23.5 Å². The number of anilines is 1. The van der Waals surface area contributed by atoms with Crippen molar-refractivity contribution in [3.05, 3.63) is 53.2 Å². The molecular weight excluding hydrogens is 617 g/mol. The molecule has 5 rings (SSSR count). The van der Waals surface area contributed by atoms with Crippen molar-refractivity contribution in [3.63, 3.8) is 0 Å². The van der Waals surface area contributed by atoms with E-state index in [9.17, 15) is 36.3 Å². The predicted octanol–water partition coefficient (Wildman–Crippen LogP) is 3.07. The maximum atomic E-state index is 13.6. The molecule has 4 heterocycles. The molecule has 2 aliphatic rings. The summed E-state index contributed by atoms with van der Waals surface area (Å²) in [6.45, 7) is 4.77. The standard InChI is InChI=1S/C29H34F5N9O3/c1-3-18-10-19(4-5-20(18)27(45)41-6-8-42(9-7-41)28(46)37-13-17-11-35-12-17)38-26(44)25-36-14-22(40(25)2)21-15-43(16-23(30)31)39-24(21)29(32,33)34/h4-5,10,14-15,17,23,35H,3,6-9,11-13,16H2,1-2H3,(H,37,46)(H,38,44). The Hall–Kier alpha value is -4.54. The number of piperazine rings is 1. The summed E-state index contributed by atoms with van der Waals surface area (Å²) >= 11 is 0. The number of carbonyl (C=O) groups excluding carboxylic acids is 3. The number of alkyl halides is 5. The lowest BCUT2D eigenvalue weighted by Gasteiger charge is -2.36. The molecular formula is C29H34F5N9O3. The van der Waals surface area contributed by atoms with E-state index >= 15 is 0 Å². The predicted molar refractivity (Wildman–Crippen MR) is 156 cm³/mol. The van der Waals surface area contributed by atoms with Crippen LogP contribution in [0.1, 0.15) is 39.2 Å². The molecule has 2 fully saturated rings. The van der Waals surface area contributed by atoms with Gasteiger partial charge in [-0.2, -0.15) is 18.3 Å². The van der Waals surface area contributed by atoms with Crippen molar-refractivity contribution in [2.45, 2.75) is 32.5 Å². The summed E-state index contributed by atoms with van der Waals surface area (Å²) in [5.41, 5.74) is -0.545. The van der Waals surface area contributed by atoms with Crippen molar-refractivity contribution >= 4 is 23.5 Å². The number of hydrogen-bond acceptors (Lipinski definition) is 6. The summed E-state index contributed by atoms with van der Waals surface area (Å²) in [6, 6.07) is 4.64. The second kappa shape index (κ2) is 13.4. The van der Waals surface area contributed by atoms with Gasteiger partial charge in [0.1, 0.15) is 6.54 Å². The number of aromatic nitrogens is 4. The number of nitrogens with zero attached hydrogens (tertiary/aromatic N) is 6. The number of amides is 4. The fraction of sp³-hybridized carbons (Fsp3) is 0.483. The van der Waals surface area contributed by atoms with Crippen LogP contribution in [0.2, 0.25) is 0 Å². The Bertz CT molecular complexity index is 1590. The molecule has 46 heavy (non-hydrogen) atoms. The van der Waals surface area contributed by atoms with Crippen LogP contribution in [0, 0.1) is 5.92 Å². The van der Waals surface area contributed by atoms with Gasteiger partial charge in [-0.1, -0.05) is 6.92 Å². The number of halogens is 5. The van der Waals surface area contributed by atoms with Crippen LogP contribution >= 0.6 is 0 Å². The summed E-state index contributed by atoms with van der Waals surface area (Å²) < 4.78 is 68.2. The number of imidazole rings is 1. The van der Waals surface area contributed by atoms with Crippen molar-refractivity contribution in [1.82, 2.24) is 39.8 Å². The lowest BCUT2D eigenvalue weighted by Crippen LogP contribution is -2.55. The van der Waals surface area contributed by atoms with Crippen LogP contribution < -0.4 is 16.0 Å². The van der Waals surface area contributed by atoms with Crippen molar-refractivity contribution in [3.8, 4) is 11.3 Å². The molecule has 0 saturated carbocycles. The van der Waals surface area contributed by atoms with Gasteiger partial charge >= 0.3 is 12.2 Å². The van der Waals surface area contributed by atoms with Gasteiger partial charge < -0.3 is 30.3 Å².